The molecule has 28 heavy (non-hydrogen) atoms. The molecule has 3 heterocycles. The molecular weight excluding hydrogens is 352 g/mol. The second-order valence-electron chi connectivity index (χ2n) is 8.28. The van der Waals surface area contributed by atoms with Crippen molar-refractivity contribution in [3.63, 3.8) is 0 Å². The lowest BCUT2D eigenvalue weighted by Gasteiger charge is -2.44. The first-order chi connectivity index (χ1) is 13.7. The smallest absolute Gasteiger partial charge is 0.293 e. The Hall–Kier alpha value is -2.56. The van der Waals surface area contributed by atoms with E-state index in [1.54, 1.807) is 17.0 Å². The monoisotopic (exact) mass is 378 g/mol. The predicted octanol–water partition coefficient (Wildman–Crippen LogP) is 4.28. The highest BCUT2D eigenvalue weighted by molar-refractivity contribution is 6.06. The molecule has 2 amide bonds. The average Bonchev–Trinajstić information content (AvgIpc) is 3.42. The number of rotatable bonds is 2. The van der Waals surface area contributed by atoms with Gasteiger partial charge >= 0.3 is 0 Å². The van der Waals surface area contributed by atoms with E-state index in [9.17, 15) is 9.59 Å². The van der Waals surface area contributed by atoms with Crippen molar-refractivity contribution in [2.45, 2.75) is 51.0 Å². The van der Waals surface area contributed by atoms with Crippen LogP contribution in [0.4, 0.5) is 5.69 Å². The maximum absolute atomic E-state index is 13.3. The second-order valence-corrected chi connectivity index (χ2v) is 8.28. The van der Waals surface area contributed by atoms with Crippen molar-refractivity contribution in [1.82, 2.24) is 4.90 Å². The summed E-state index contributed by atoms with van der Waals surface area (Å²) < 4.78 is 5.26. The standard InChI is InChI=1S/C23H26N2O3/c26-22(24-12-3-6-16-5-1-2-7-19(16)24)18-9-10-20-17(15-18)11-13-25(20)23(27)21-8-4-14-28-21/h4,8-10,14-16,19H,1-3,5-7,11-13H2/t16-,19-/m1/s1. The molecule has 1 aromatic carbocycles. The number of piperidine rings is 1. The Morgan fingerprint density at radius 3 is 2.68 bits per heavy atom. The van der Waals surface area contributed by atoms with Crippen LogP contribution in [0, 0.1) is 5.92 Å². The van der Waals surface area contributed by atoms with Gasteiger partial charge < -0.3 is 14.2 Å². The Labute approximate surface area is 165 Å². The molecule has 1 aromatic heterocycles. The molecule has 0 unspecified atom stereocenters. The number of furan rings is 1. The summed E-state index contributed by atoms with van der Waals surface area (Å²) in [5.74, 6) is 1.08. The van der Waals surface area contributed by atoms with Crippen molar-refractivity contribution < 1.29 is 14.0 Å². The minimum absolute atomic E-state index is 0.121. The van der Waals surface area contributed by atoms with Gasteiger partial charge in [0.05, 0.1) is 6.26 Å². The third kappa shape index (κ3) is 2.93. The van der Waals surface area contributed by atoms with Crippen LogP contribution >= 0.6 is 0 Å². The van der Waals surface area contributed by atoms with Gasteiger partial charge in [0.2, 0.25) is 0 Å². The van der Waals surface area contributed by atoms with Crippen LogP contribution in [0.15, 0.2) is 41.0 Å². The normalized spacial score (nSPS) is 24.0. The molecule has 5 rings (SSSR count). The van der Waals surface area contributed by atoms with Gasteiger partial charge in [-0.1, -0.05) is 12.8 Å². The molecule has 1 aliphatic carbocycles. The van der Waals surface area contributed by atoms with E-state index in [1.807, 2.05) is 18.2 Å². The summed E-state index contributed by atoms with van der Waals surface area (Å²) in [5, 5.41) is 0. The van der Waals surface area contributed by atoms with Crippen LogP contribution in [0.25, 0.3) is 0 Å². The summed E-state index contributed by atoms with van der Waals surface area (Å²) in [6.45, 7) is 1.50. The first-order valence-electron chi connectivity index (χ1n) is 10.5. The Kier molecular flexibility index (Phi) is 4.46. The van der Waals surface area contributed by atoms with Crippen molar-refractivity contribution in [3.8, 4) is 0 Å². The van der Waals surface area contributed by atoms with Crippen LogP contribution < -0.4 is 4.90 Å². The summed E-state index contributed by atoms with van der Waals surface area (Å²) in [7, 11) is 0. The summed E-state index contributed by atoms with van der Waals surface area (Å²) in [4.78, 5) is 29.8. The van der Waals surface area contributed by atoms with Crippen molar-refractivity contribution >= 4 is 17.5 Å². The zero-order chi connectivity index (χ0) is 19.1. The molecule has 0 bridgehead atoms. The number of anilines is 1. The maximum Gasteiger partial charge on any atom is 0.293 e. The fraction of sp³-hybridized carbons (Fsp3) is 0.478. The van der Waals surface area contributed by atoms with Gasteiger partial charge in [0, 0.05) is 30.4 Å². The fourth-order valence-electron chi connectivity index (χ4n) is 5.32. The quantitative estimate of drug-likeness (QED) is 0.784. The molecule has 5 nitrogen and oxygen atoms in total. The van der Waals surface area contributed by atoms with E-state index in [0.717, 1.165) is 42.6 Å². The van der Waals surface area contributed by atoms with Crippen LogP contribution in [0.2, 0.25) is 0 Å². The van der Waals surface area contributed by atoms with Gasteiger partial charge in [-0.05, 0) is 73.9 Å². The minimum atomic E-state index is -0.121. The summed E-state index contributed by atoms with van der Waals surface area (Å²) in [5.41, 5.74) is 2.73. The highest BCUT2D eigenvalue weighted by Gasteiger charge is 2.36. The van der Waals surface area contributed by atoms with Gasteiger partial charge in [0.25, 0.3) is 11.8 Å². The zero-order valence-corrected chi connectivity index (χ0v) is 16.1. The van der Waals surface area contributed by atoms with Crippen LogP contribution in [0.3, 0.4) is 0 Å². The third-order valence-electron chi connectivity index (χ3n) is 6.70. The highest BCUT2D eigenvalue weighted by Crippen LogP contribution is 2.37. The second kappa shape index (κ2) is 7.12. The van der Waals surface area contributed by atoms with Gasteiger partial charge in [-0.2, -0.15) is 0 Å². The van der Waals surface area contributed by atoms with E-state index in [2.05, 4.69) is 4.90 Å². The minimum Gasteiger partial charge on any atom is -0.459 e. The molecule has 2 aliphatic heterocycles. The van der Waals surface area contributed by atoms with Crippen molar-refractivity contribution in [1.29, 1.82) is 0 Å². The number of hydrogen-bond donors (Lipinski definition) is 0. The number of carbonyl (C=O) groups excluding carboxylic acids is 2. The molecule has 5 heteroatoms. The van der Waals surface area contributed by atoms with Crippen molar-refractivity contribution in [2.24, 2.45) is 5.92 Å². The Balaban J connectivity index is 1.38. The van der Waals surface area contributed by atoms with Gasteiger partial charge in [-0.3, -0.25) is 9.59 Å². The Morgan fingerprint density at radius 1 is 0.964 bits per heavy atom. The molecule has 1 saturated carbocycles. The average molecular weight is 378 g/mol. The SMILES string of the molecule is O=C(c1ccco1)N1CCc2cc(C(=O)N3CCC[C@H]4CCCC[C@H]43)ccc21. The van der Waals surface area contributed by atoms with Crippen LogP contribution in [0.5, 0.6) is 0 Å². The van der Waals surface area contributed by atoms with Gasteiger partial charge in [-0.25, -0.2) is 0 Å². The number of nitrogens with zero attached hydrogens (tertiary/aromatic N) is 2. The number of benzene rings is 1. The Bertz CT molecular complexity index is 887. The maximum atomic E-state index is 13.3. The number of carbonyl (C=O) groups is 2. The summed E-state index contributed by atoms with van der Waals surface area (Å²) in [6.07, 6.45) is 9.62. The molecule has 2 aromatic rings. The van der Waals surface area contributed by atoms with E-state index < -0.39 is 0 Å². The molecule has 0 radical (unpaired) electrons. The van der Waals surface area contributed by atoms with E-state index in [-0.39, 0.29) is 11.8 Å². The lowest BCUT2D eigenvalue weighted by Crippen LogP contribution is -2.49. The van der Waals surface area contributed by atoms with Gasteiger partial charge in [0.15, 0.2) is 5.76 Å². The lowest BCUT2D eigenvalue weighted by atomic mass is 9.78. The molecule has 1 saturated heterocycles. The molecule has 0 N–H and O–H groups in total. The molecule has 2 fully saturated rings. The van der Waals surface area contributed by atoms with Crippen molar-refractivity contribution in [3.05, 3.63) is 53.5 Å². The number of fused-ring (bicyclic) bond motifs is 2. The van der Waals surface area contributed by atoms with Crippen LogP contribution in [0.1, 0.15) is 65.0 Å². The fourth-order valence-corrected chi connectivity index (χ4v) is 5.32. The number of amides is 2. The molecular formula is C23H26N2O3. The van der Waals surface area contributed by atoms with Crippen LogP contribution in [-0.2, 0) is 6.42 Å². The van der Waals surface area contributed by atoms with Crippen LogP contribution in [-0.4, -0.2) is 35.8 Å². The topological polar surface area (TPSA) is 53.8 Å². The summed E-state index contributed by atoms with van der Waals surface area (Å²) in [6, 6.07) is 9.65. The molecule has 146 valence electrons. The number of likely N-dealkylation sites (tertiary alicyclic amines) is 1. The zero-order valence-electron chi connectivity index (χ0n) is 16.1. The van der Waals surface area contributed by atoms with E-state index >= 15 is 0 Å². The van der Waals surface area contributed by atoms with Crippen molar-refractivity contribution in [2.75, 3.05) is 18.0 Å². The third-order valence-corrected chi connectivity index (χ3v) is 6.70. The largest absolute Gasteiger partial charge is 0.459 e. The molecule has 0 spiro atoms. The highest BCUT2D eigenvalue weighted by atomic mass is 16.3. The molecule has 3 aliphatic rings. The Morgan fingerprint density at radius 2 is 1.82 bits per heavy atom. The number of hydrogen-bond acceptors (Lipinski definition) is 3. The first-order valence-corrected chi connectivity index (χ1v) is 10.5. The lowest BCUT2D eigenvalue weighted by molar-refractivity contribution is 0.0390. The first kappa shape index (κ1) is 17.5. The van der Waals surface area contributed by atoms with Gasteiger partial charge in [0.1, 0.15) is 0 Å². The van der Waals surface area contributed by atoms with E-state index in [4.69, 9.17) is 4.42 Å². The van der Waals surface area contributed by atoms with E-state index in [0.29, 0.717) is 24.3 Å². The summed E-state index contributed by atoms with van der Waals surface area (Å²) >= 11 is 0. The molecule has 2 atom stereocenters. The predicted molar refractivity (Wildman–Crippen MR) is 107 cm³/mol. The van der Waals surface area contributed by atoms with E-state index in [1.165, 1.54) is 31.9 Å². The van der Waals surface area contributed by atoms with Gasteiger partial charge in [-0.15, -0.1) is 0 Å².